The molecule has 2 rings (SSSR count). The van der Waals surface area contributed by atoms with Gasteiger partial charge in [-0.25, -0.2) is 0 Å². The molecule has 1 unspecified atom stereocenters. The smallest absolute Gasteiger partial charge is 0.0992 e. The van der Waals surface area contributed by atoms with Crippen LogP contribution in [-0.4, -0.2) is 11.0 Å². The van der Waals surface area contributed by atoms with E-state index in [4.69, 9.17) is 4.74 Å². The van der Waals surface area contributed by atoms with E-state index in [0.29, 0.717) is 0 Å². The van der Waals surface area contributed by atoms with Gasteiger partial charge in [-0.1, -0.05) is 72.2 Å². The van der Waals surface area contributed by atoms with Crippen LogP contribution in [-0.2, 0) is 10.3 Å². The average molecular weight is 344 g/mol. The van der Waals surface area contributed by atoms with E-state index in [9.17, 15) is 0 Å². The lowest BCUT2D eigenvalue weighted by atomic mass is 9.83. The number of benzene rings is 1. The quantitative estimate of drug-likeness (QED) is 0.544. The fourth-order valence-electron chi connectivity index (χ4n) is 2.22. The number of hydrogen-bond acceptors (Lipinski definition) is 1. The molecule has 0 heterocycles. The minimum atomic E-state index is -0.119. The van der Waals surface area contributed by atoms with Gasteiger partial charge in [-0.15, -0.1) is 0 Å². The van der Waals surface area contributed by atoms with Gasteiger partial charge in [0.2, 0.25) is 0 Å². The van der Waals surface area contributed by atoms with Gasteiger partial charge >= 0.3 is 0 Å². The summed E-state index contributed by atoms with van der Waals surface area (Å²) < 4.78 is 7.16. The second-order valence-corrected chi connectivity index (χ2v) is 5.93. The first-order chi connectivity index (χ1) is 8.24. The molecule has 0 aliphatic heterocycles. The Labute approximate surface area is 118 Å². The molecule has 1 aromatic rings. The van der Waals surface area contributed by atoms with Crippen molar-refractivity contribution >= 4 is 22.6 Å². The summed E-state index contributed by atoms with van der Waals surface area (Å²) in [6.45, 7) is 3.11. The zero-order valence-corrected chi connectivity index (χ0v) is 12.7. The van der Waals surface area contributed by atoms with Crippen molar-refractivity contribution in [2.45, 2.75) is 38.2 Å². The first-order valence-corrected chi connectivity index (χ1v) is 8.02. The van der Waals surface area contributed by atoms with Crippen LogP contribution >= 0.6 is 22.6 Å². The van der Waals surface area contributed by atoms with Crippen LogP contribution in [0.25, 0.3) is 0 Å². The van der Waals surface area contributed by atoms with Crippen molar-refractivity contribution in [2.75, 3.05) is 11.0 Å². The molecule has 0 N–H and O–H groups in total. The van der Waals surface area contributed by atoms with Gasteiger partial charge in [-0.05, 0) is 24.8 Å². The molecule has 1 nitrogen and oxygen atoms in total. The number of ether oxygens (including phenoxy) is 1. The van der Waals surface area contributed by atoms with Crippen molar-refractivity contribution in [1.82, 2.24) is 0 Å². The predicted octanol–water partition coefficient (Wildman–Crippen LogP) is 4.54. The topological polar surface area (TPSA) is 9.23 Å². The number of alkyl halides is 1. The Morgan fingerprint density at radius 1 is 1.29 bits per heavy atom. The monoisotopic (exact) mass is 344 g/mol. The van der Waals surface area contributed by atoms with Crippen LogP contribution in [0.3, 0.4) is 0 Å². The normalized spacial score (nSPS) is 19.6. The second kappa shape index (κ2) is 6.19. The summed E-state index contributed by atoms with van der Waals surface area (Å²) in [5.41, 5.74) is 1.17. The van der Waals surface area contributed by atoms with E-state index in [2.05, 4.69) is 59.8 Å². The van der Waals surface area contributed by atoms with Crippen LogP contribution < -0.4 is 0 Å². The Morgan fingerprint density at radius 3 is 2.53 bits per heavy atom. The number of halogens is 1. The Morgan fingerprint density at radius 2 is 2.00 bits per heavy atom. The summed E-state index contributed by atoms with van der Waals surface area (Å²) in [6.07, 6.45) is 5.48. The van der Waals surface area contributed by atoms with Gasteiger partial charge in [0.25, 0.3) is 0 Å². The standard InChI is InChI=1S/C15H21IO/c1-15(12-16,14-8-3-2-4-9-14)17-11-10-13-6-5-7-13/h2-4,8-9,13H,5-7,10-12H2,1H3. The predicted molar refractivity (Wildman–Crippen MR) is 80.6 cm³/mol. The van der Waals surface area contributed by atoms with Crippen LogP contribution in [0.15, 0.2) is 30.3 Å². The second-order valence-electron chi connectivity index (χ2n) is 5.16. The summed E-state index contributed by atoms with van der Waals surface area (Å²) >= 11 is 2.43. The maximum absolute atomic E-state index is 6.16. The van der Waals surface area contributed by atoms with Gasteiger partial charge in [-0.3, -0.25) is 0 Å². The summed E-state index contributed by atoms with van der Waals surface area (Å²) in [5.74, 6) is 0.934. The Bertz CT molecular complexity index is 334. The molecule has 1 saturated carbocycles. The van der Waals surface area contributed by atoms with E-state index >= 15 is 0 Å². The molecule has 1 atom stereocenters. The van der Waals surface area contributed by atoms with E-state index in [1.54, 1.807) is 0 Å². The number of rotatable bonds is 6. The van der Waals surface area contributed by atoms with Crippen LogP contribution in [0.4, 0.5) is 0 Å². The molecule has 0 amide bonds. The van der Waals surface area contributed by atoms with Gasteiger partial charge in [-0.2, -0.15) is 0 Å². The molecular formula is C15H21IO. The van der Waals surface area contributed by atoms with E-state index in [0.717, 1.165) is 17.0 Å². The third-order valence-electron chi connectivity index (χ3n) is 3.81. The van der Waals surface area contributed by atoms with Crippen molar-refractivity contribution in [3.63, 3.8) is 0 Å². The maximum Gasteiger partial charge on any atom is 0.0992 e. The fourth-order valence-corrected chi connectivity index (χ4v) is 2.88. The maximum atomic E-state index is 6.16. The number of hydrogen-bond donors (Lipinski definition) is 0. The molecule has 1 fully saturated rings. The van der Waals surface area contributed by atoms with E-state index in [-0.39, 0.29) is 5.60 Å². The summed E-state index contributed by atoms with van der Waals surface area (Å²) in [4.78, 5) is 0. The van der Waals surface area contributed by atoms with Crippen molar-refractivity contribution < 1.29 is 4.74 Å². The Kier molecular flexibility index (Phi) is 4.86. The summed E-state index contributed by atoms with van der Waals surface area (Å²) in [6, 6.07) is 10.6. The van der Waals surface area contributed by atoms with Crippen LogP contribution in [0.2, 0.25) is 0 Å². The highest BCUT2D eigenvalue weighted by atomic mass is 127. The Balaban J connectivity index is 1.89. The van der Waals surface area contributed by atoms with E-state index in [1.807, 2.05) is 0 Å². The minimum absolute atomic E-state index is 0.119. The van der Waals surface area contributed by atoms with Crippen molar-refractivity contribution in [3.05, 3.63) is 35.9 Å². The lowest BCUT2D eigenvalue weighted by Gasteiger charge is -2.31. The lowest BCUT2D eigenvalue weighted by Crippen LogP contribution is -2.29. The molecule has 0 spiro atoms. The Hall–Kier alpha value is -0.0900. The molecule has 1 aliphatic rings. The molecule has 0 bridgehead atoms. The summed E-state index contributed by atoms with van der Waals surface area (Å²) in [7, 11) is 0. The van der Waals surface area contributed by atoms with Crippen LogP contribution in [0, 0.1) is 5.92 Å². The van der Waals surface area contributed by atoms with Gasteiger partial charge in [0, 0.05) is 11.0 Å². The van der Waals surface area contributed by atoms with Gasteiger partial charge in [0.05, 0.1) is 5.60 Å². The third kappa shape index (κ3) is 3.44. The lowest BCUT2D eigenvalue weighted by molar-refractivity contribution is -0.0252. The van der Waals surface area contributed by atoms with Gasteiger partial charge in [0.1, 0.15) is 0 Å². The first-order valence-electron chi connectivity index (χ1n) is 6.50. The van der Waals surface area contributed by atoms with Crippen molar-refractivity contribution in [1.29, 1.82) is 0 Å². The molecule has 0 aromatic heterocycles. The molecule has 1 aromatic carbocycles. The SMILES string of the molecule is CC(CI)(OCCC1CCC1)c1ccccc1. The third-order valence-corrected chi connectivity index (χ3v) is 5.27. The fraction of sp³-hybridized carbons (Fsp3) is 0.600. The summed E-state index contributed by atoms with van der Waals surface area (Å²) in [5, 5.41) is 0. The van der Waals surface area contributed by atoms with Gasteiger partial charge < -0.3 is 4.74 Å². The van der Waals surface area contributed by atoms with Crippen molar-refractivity contribution in [3.8, 4) is 0 Å². The highest BCUT2D eigenvalue weighted by molar-refractivity contribution is 14.1. The van der Waals surface area contributed by atoms with E-state index < -0.39 is 0 Å². The van der Waals surface area contributed by atoms with Crippen molar-refractivity contribution in [2.24, 2.45) is 5.92 Å². The molecule has 0 radical (unpaired) electrons. The highest BCUT2D eigenvalue weighted by Gasteiger charge is 2.26. The zero-order valence-electron chi connectivity index (χ0n) is 10.5. The molecular weight excluding hydrogens is 323 g/mol. The van der Waals surface area contributed by atoms with Crippen LogP contribution in [0.5, 0.6) is 0 Å². The average Bonchev–Trinajstić information content (AvgIpc) is 2.33. The first kappa shape index (κ1) is 13.3. The van der Waals surface area contributed by atoms with E-state index in [1.165, 1.54) is 31.2 Å². The minimum Gasteiger partial charge on any atom is -0.370 e. The molecule has 1 aliphatic carbocycles. The van der Waals surface area contributed by atoms with Gasteiger partial charge in [0.15, 0.2) is 0 Å². The highest BCUT2D eigenvalue weighted by Crippen LogP contribution is 2.32. The largest absolute Gasteiger partial charge is 0.370 e. The molecule has 0 saturated heterocycles. The molecule has 2 heteroatoms. The molecule has 94 valence electrons. The molecule has 17 heavy (non-hydrogen) atoms. The van der Waals surface area contributed by atoms with Crippen LogP contribution in [0.1, 0.15) is 38.2 Å². The zero-order chi connectivity index (χ0) is 12.1.